The topological polar surface area (TPSA) is 245 Å². The summed E-state index contributed by atoms with van der Waals surface area (Å²) < 4.78 is 27.9. The quantitative estimate of drug-likeness (QED) is 0.173. The molecule has 0 saturated carbocycles. The summed E-state index contributed by atoms with van der Waals surface area (Å²) in [5.41, 5.74) is 0.255. The van der Waals surface area contributed by atoms with E-state index in [1.165, 1.54) is 31.2 Å². The van der Waals surface area contributed by atoms with Crippen LogP contribution in [0.4, 0.5) is 0 Å². The lowest BCUT2D eigenvalue weighted by Crippen LogP contribution is -2.61. The van der Waals surface area contributed by atoms with Crippen molar-refractivity contribution in [1.82, 2.24) is 0 Å². The number of rotatable bonds is 6. The fraction of sp³-hybridized carbons (Fsp3) is 0.519. The predicted octanol–water partition coefficient (Wildman–Crippen LogP) is -1.46. The third-order valence-corrected chi connectivity index (χ3v) is 7.50. The number of aliphatic hydroxyl groups excluding tert-OH is 6. The number of Topliss-reactive ketones (excluding diaryl/α,β-unsaturated/α-hetero) is 1. The number of aromatic hydroxyl groups is 3. The van der Waals surface area contributed by atoms with Gasteiger partial charge in [0.15, 0.2) is 23.6 Å². The number of hydrogen-bond donors (Lipinski definition) is 9. The number of phenolic OH excluding ortho intramolecular Hbond substituents is 3. The summed E-state index contributed by atoms with van der Waals surface area (Å²) in [5, 5.41) is 91.3. The molecule has 1 unspecified atom stereocenters. The summed E-state index contributed by atoms with van der Waals surface area (Å²) in [6.07, 6.45) is -16.1. The van der Waals surface area contributed by atoms with Crippen molar-refractivity contribution in [3.8, 4) is 28.7 Å². The number of benzene rings is 2. The van der Waals surface area contributed by atoms with Gasteiger partial charge in [0.1, 0.15) is 71.6 Å². The van der Waals surface area contributed by atoms with E-state index in [9.17, 15) is 50.8 Å². The Morgan fingerprint density at radius 1 is 0.786 bits per heavy atom. The van der Waals surface area contributed by atoms with E-state index in [0.29, 0.717) is 5.56 Å². The van der Waals surface area contributed by atoms with Crippen molar-refractivity contribution in [2.24, 2.45) is 0 Å². The van der Waals surface area contributed by atoms with Gasteiger partial charge in [-0.1, -0.05) is 6.07 Å². The van der Waals surface area contributed by atoms with Gasteiger partial charge in [0, 0.05) is 12.1 Å². The van der Waals surface area contributed by atoms with E-state index in [1.807, 2.05) is 0 Å². The highest BCUT2D eigenvalue weighted by molar-refractivity contribution is 6.02. The fourth-order valence-corrected chi connectivity index (χ4v) is 5.04. The Labute approximate surface area is 238 Å². The van der Waals surface area contributed by atoms with Gasteiger partial charge in [-0.25, -0.2) is 0 Å². The normalized spacial score (nSPS) is 36.6. The van der Waals surface area contributed by atoms with Crippen LogP contribution in [-0.4, -0.2) is 120 Å². The lowest BCUT2D eigenvalue weighted by atomic mass is 9.95. The average Bonchev–Trinajstić information content (AvgIpc) is 2.95. The van der Waals surface area contributed by atoms with Crippen LogP contribution in [0.25, 0.3) is 0 Å². The lowest BCUT2D eigenvalue weighted by molar-refractivity contribution is -0.318. The minimum absolute atomic E-state index is 0.0807. The molecule has 3 aliphatic heterocycles. The molecule has 3 aliphatic rings. The molecule has 0 spiro atoms. The van der Waals surface area contributed by atoms with Gasteiger partial charge in [0.25, 0.3) is 0 Å². The van der Waals surface area contributed by atoms with Gasteiger partial charge < -0.3 is 69.6 Å². The summed E-state index contributed by atoms with van der Waals surface area (Å²) in [7, 11) is 0. The van der Waals surface area contributed by atoms with Crippen LogP contribution in [-0.2, 0) is 14.2 Å². The molecule has 0 amide bonds. The zero-order chi connectivity index (χ0) is 30.5. The molecule has 2 aromatic rings. The van der Waals surface area contributed by atoms with Gasteiger partial charge in [-0.2, -0.15) is 0 Å². The zero-order valence-corrected chi connectivity index (χ0v) is 22.1. The minimum atomic E-state index is -1.78. The Kier molecular flexibility index (Phi) is 8.48. The highest BCUT2D eigenvalue weighted by atomic mass is 16.7. The van der Waals surface area contributed by atoms with Gasteiger partial charge >= 0.3 is 0 Å². The van der Waals surface area contributed by atoms with Crippen molar-refractivity contribution in [2.75, 3.05) is 6.61 Å². The number of carbonyl (C=O) groups excluding carboxylic acids is 1. The van der Waals surface area contributed by atoms with E-state index < -0.39 is 91.4 Å². The first kappa shape index (κ1) is 30.2. The van der Waals surface area contributed by atoms with Crippen LogP contribution in [0.1, 0.15) is 35.4 Å². The molecule has 3 heterocycles. The highest BCUT2D eigenvalue weighted by Gasteiger charge is 2.47. The summed E-state index contributed by atoms with van der Waals surface area (Å²) >= 11 is 0. The standard InChI is InChI=1S/C27H32O15/c1-9-20(32)22(34)24(36)26(39-9)38-8-18-21(33)23(35)25(37)27(42-18)40-11-5-14(30)19-15(31)7-16(41-17(19)6-11)10-2-3-12(28)13(29)4-10/h2-6,9,16,18,20-30,32-37H,7-8H2,1H3/t9-,16?,18-,20-,21+,22+,23+,24+,25-,26+,27+/m0/s1. The number of fused-ring (bicyclic) bond motifs is 1. The SMILES string of the molecule is C[C@@H]1O[C@@H](OC[C@@H]2O[C@@H](Oc3cc(O)c4c(c3)OC(c3ccc(O)c(O)c3)CC4=O)[C@@H](O)[C@H](O)[C@@H]2O)[C@H](O)[C@H](O)[C@H]1O. The maximum absolute atomic E-state index is 12.8. The number of ether oxygens (including phenoxy) is 5. The maximum atomic E-state index is 12.8. The van der Waals surface area contributed by atoms with Gasteiger partial charge in [-0.05, 0) is 24.6 Å². The minimum Gasteiger partial charge on any atom is -0.507 e. The number of aliphatic hydroxyl groups is 6. The van der Waals surface area contributed by atoms with Crippen molar-refractivity contribution in [3.05, 3.63) is 41.5 Å². The molecule has 5 rings (SSSR count). The van der Waals surface area contributed by atoms with E-state index in [2.05, 4.69) is 0 Å². The van der Waals surface area contributed by atoms with Crippen LogP contribution in [0.2, 0.25) is 0 Å². The van der Waals surface area contributed by atoms with Crippen LogP contribution in [0, 0.1) is 0 Å². The Morgan fingerprint density at radius 3 is 2.19 bits per heavy atom. The molecular weight excluding hydrogens is 564 g/mol. The molecule has 9 N–H and O–H groups in total. The molecule has 42 heavy (non-hydrogen) atoms. The van der Waals surface area contributed by atoms with Crippen molar-refractivity contribution < 1.29 is 74.4 Å². The molecule has 0 aliphatic carbocycles. The van der Waals surface area contributed by atoms with E-state index in [1.54, 1.807) is 0 Å². The lowest BCUT2D eigenvalue weighted by Gasteiger charge is -2.42. The Morgan fingerprint density at radius 2 is 1.48 bits per heavy atom. The number of phenols is 3. The van der Waals surface area contributed by atoms with Crippen molar-refractivity contribution in [3.63, 3.8) is 0 Å². The van der Waals surface area contributed by atoms with E-state index in [-0.39, 0.29) is 29.2 Å². The maximum Gasteiger partial charge on any atom is 0.229 e. The third-order valence-electron chi connectivity index (χ3n) is 7.50. The van der Waals surface area contributed by atoms with Crippen LogP contribution in [0.3, 0.4) is 0 Å². The Balaban J connectivity index is 1.30. The van der Waals surface area contributed by atoms with Crippen LogP contribution in [0.5, 0.6) is 28.7 Å². The van der Waals surface area contributed by atoms with E-state index in [0.717, 1.165) is 6.07 Å². The molecule has 0 aromatic heterocycles. The summed E-state index contributed by atoms with van der Waals surface area (Å²) in [6.45, 7) is 0.949. The van der Waals surface area contributed by atoms with E-state index >= 15 is 0 Å². The molecule has 230 valence electrons. The zero-order valence-electron chi connectivity index (χ0n) is 22.1. The smallest absolute Gasteiger partial charge is 0.229 e. The summed E-state index contributed by atoms with van der Waals surface area (Å²) in [4.78, 5) is 12.8. The number of ketones is 1. The van der Waals surface area contributed by atoms with Gasteiger partial charge in [0.2, 0.25) is 6.29 Å². The molecule has 0 radical (unpaired) electrons. The predicted molar refractivity (Wildman–Crippen MR) is 136 cm³/mol. The van der Waals surface area contributed by atoms with Gasteiger partial charge in [0.05, 0.1) is 19.1 Å². The molecular formula is C27H32O15. The summed E-state index contributed by atoms with van der Waals surface area (Å²) in [5.74, 6) is -1.96. The molecule has 2 fully saturated rings. The van der Waals surface area contributed by atoms with Crippen molar-refractivity contribution in [1.29, 1.82) is 0 Å². The first-order valence-electron chi connectivity index (χ1n) is 13.1. The molecule has 0 bridgehead atoms. The second-order valence-electron chi connectivity index (χ2n) is 10.4. The Bertz CT molecular complexity index is 1300. The monoisotopic (exact) mass is 596 g/mol. The van der Waals surface area contributed by atoms with Crippen LogP contribution < -0.4 is 9.47 Å². The molecule has 11 atom stereocenters. The largest absolute Gasteiger partial charge is 0.507 e. The second kappa shape index (κ2) is 11.8. The fourth-order valence-electron chi connectivity index (χ4n) is 5.04. The number of carbonyl (C=O) groups is 1. The average molecular weight is 597 g/mol. The van der Waals surface area contributed by atoms with Crippen LogP contribution in [0.15, 0.2) is 30.3 Å². The Hall–Kier alpha value is -3.25. The molecule has 2 aromatic carbocycles. The van der Waals surface area contributed by atoms with E-state index in [4.69, 9.17) is 23.7 Å². The molecule has 15 heteroatoms. The van der Waals surface area contributed by atoms with Crippen molar-refractivity contribution >= 4 is 5.78 Å². The third kappa shape index (κ3) is 5.70. The second-order valence-corrected chi connectivity index (χ2v) is 10.4. The molecule has 2 saturated heterocycles. The summed E-state index contributed by atoms with van der Waals surface area (Å²) in [6, 6.07) is 6.26. The first-order chi connectivity index (χ1) is 19.8. The number of hydrogen-bond acceptors (Lipinski definition) is 15. The van der Waals surface area contributed by atoms with Gasteiger partial charge in [-0.3, -0.25) is 4.79 Å². The highest BCUT2D eigenvalue weighted by Crippen LogP contribution is 2.43. The van der Waals surface area contributed by atoms with Crippen LogP contribution >= 0.6 is 0 Å². The van der Waals surface area contributed by atoms with Crippen molar-refractivity contribution in [2.45, 2.75) is 80.9 Å². The first-order valence-corrected chi connectivity index (χ1v) is 13.1. The molecule has 15 nitrogen and oxygen atoms in total. The van der Waals surface area contributed by atoms with Gasteiger partial charge in [-0.15, -0.1) is 0 Å².